The van der Waals surface area contributed by atoms with Crippen LogP contribution in [0.1, 0.15) is 53.5 Å². The van der Waals surface area contributed by atoms with Crippen LogP contribution >= 0.6 is 0 Å². The van der Waals surface area contributed by atoms with E-state index in [4.69, 9.17) is 9.31 Å². The summed E-state index contributed by atoms with van der Waals surface area (Å²) in [6.45, 7) is 15.2. The maximum absolute atomic E-state index is 15.2. The Labute approximate surface area is 152 Å². The van der Waals surface area contributed by atoms with Crippen LogP contribution in [0.5, 0.6) is 0 Å². The fraction of sp³-hybridized carbons (Fsp3) is 0.700. The van der Waals surface area contributed by atoms with Crippen LogP contribution in [0.25, 0.3) is 0 Å². The molecule has 0 amide bonds. The summed E-state index contributed by atoms with van der Waals surface area (Å²) in [5.74, 6) is 1.14. The Balaban J connectivity index is 1.79. The van der Waals surface area contributed by atoms with E-state index in [-0.39, 0.29) is 5.82 Å². The van der Waals surface area contributed by atoms with Crippen molar-refractivity contribution >= 4 is 12.6 Å². The van der Waals surface area contributed by atoms with E-state index in [2.05, 4.69) is 18.7 Å². The van der Waals surface area contributed by atoms with Crippen molar-refractivity contribution in [2.45, 2.75) is 65.7 Å². The molecule has 5 heteroatoms. The minimum absolute atomic E-state index is 0.188. The van der Waals surface area contributed by atoms with Gasteiger partial charge in [-0.3, -0.25) is 4.90 Å². The Morgan fingerprint density at radius 2 is 1.64 bits per heavy atom. The molecule has 2 saturated heterocycles. The maximum Gasteiger partial charge on any atom is 0.497 e. The maximum atomic E-state index is 15.2. The highest BCUT2D eigenvalue weighted by molar-refractivity contribution is 6.62. The van der Waals surface area contributed by atoms with Crippen molar-refractivity contribution in [1.29, 1.82) is 0 Å². The standard InChI is InChI=1S/C20H31BFNO2/c1-14-10-15(2)12-23(11-14)13-16-8-7-9-17(18(16)22)21-24-19(3,4)20(5,6)25-21/h7-9,14-15H,10-13H2,1-6H3. The first kappa shape index (κ1) is 18.9. The molecule has 0 saturated carbocycles. The van der Waals surface area contributed by atoms with Crippen LogP contribution in [0.3, 0.4) is 0 Å². The molecule has 2 fully saturated rings. The van der Waals surface area contributed by atoms with Gasteiger partial charge in [0.1, 0.15) is 5.82 Å². The molecule has 2 heterocycles. The van der Waals surface area contributed by atoms with Crippen molar-refractivity contribution in [3.05, 3.63) is 29.6 Å². The number of likely N-dealkylation sites (tertiary alicyclic amines) is 1. The average Bonchev–Trinajstić information content (AvgIpc) is 2.68. The zero-order valence-corrected chi connectivity index (χ0v) is 16.4. The highest BCUT2D eigenvalue weighted by atomic mass is 19.1. The molecule has 0 aromatic heterocycles. The van der Waals surface area contributed by atoms with Gasteiger partial charge in [0.2, 0.25) is 0 Å². The number of hydrogen-bond donors (Lipinski definition) is 0. The van der Waals surface area contributed by atoms with Crippen LogP contribution < -0.4 is 5.46 Å². The van der Waals surface area contributed by atoms with Gasteiger partial charge in [-0.25, -0.2) is 4.39 Å². The van der Waals surface area contributed by atoms with Crippen molar-refractivity contribution in [2.24, 2.45) is 11.8 Å². The van der Waals surface area contributed by atoms with E-state index in [1.165, 1.54) is 6.42 Å². The largest absolute Gasteiger partial charge is 0.497 e. The molecular weight excluding hydrogens is 316 g/mol. The van der Waals surface area contributed by atoms with Gasteiger partial charge in [0.25, 0.3) is 0 Å². The van der Waals surface area contributed by atoms with Crippen LogP contribution in [0.15, 0.2) is 18.2 Å². The molecule has 0 N–H and O–H groups in total. The molecule has 2 unspecified atom stereocenters. The van der Waals surface area contributed by atoms with Gasteiger partial charge in [-0.05, 0) is 46.0 Å². The number of rotatable bonds is 3. The highest BCUT2D eigenvalue weighted by Gasteiger charge is 2.52. The predicted octanol–water partition coefficient (Wildman–Crippen LogP) is 3.60. The van der Waals surface area contributed by atoms with Crippen molar-refractivity contribution < 1.29 is 13.7 Å². The Hall–Kier alpha value is -0.905. The quantitative estimate of drug-likeness (QED) is 0.780. The molecule has 0 aliphatic carbocycles. The lowest BCUT2D eigenvalue weighted by atomic mass is 9.77. The second-order valence-electron chi connectivity index (χ2n) is 9.05. The highest BCUT2D eigenvalue weighted by Crippen LogP contribution is 2.36. The van der Waals surface area contributed by atoms with Crippen molar-refractivity contribution in [1.82, 2.24) is 4.90 Å². The third kappa shape index (κ3) is 3.79. The Morgan fingerprint density at radius 3 is 2.20 bits per heavy atom. The van der Waals surface area contributed by atoms with Crippen molar-refractivity contribution in [2.75, 3.05) is 13.1 Å². The van der Waals surface area contributed by atoms with Crippen LogP contribution in [-0.2, 0) is 15.9 Å². The van der Waals surface area contributed by atoms with Crippen LogP contribution in [0.4, 0.5) is 4.39 Å². The molecule has 1 aromatic rings. The molecule has 0 radical (unpaired) electrons. The van der Waals surface area contributed by atoms with E-state index in [1.54, 1.807) is 6.07 Å². The first-order valence-corrected chi connectivity index (χ1v) is 9.44. The fourth-order valence-corrected chi connectivity index (χ4v) is 4.04. The zero-order valence-electron chi connectivity index (χ0n) is 16.4. The predicted molar refractivity (Wildman–Crippen MR) is 100 cm³/mol. The number of halogens is 1. The van der Waals surface area contributed by atoms with Crippen LogP contribution in [-0.4, -0.2) is 36.3 Å². The molecule has 138 valence electrons. The van der Waals surface area contributed by atoms with Gasteiger partial charge in [-0.15, -0.1) is 0 Å². The summed E-state index contributed by atoms with van der Waals surface area (Å²) >= 11 is 0. The molecule has 25 heavy (non-hydrogen) atoms. The topological polar surface area (TPSA) is 21.7 Å². The second kappa shape index (κ2) is 6.68. The summed E-state index contributed by atoms with van der Waals surface area (Å²) in [7, 11) is -0.649. The van der Waals surface area contributed by atoms with E-state index >= 15 is 4.39 Å². The lowest BCUT2D eigenvalue weighted by molar-refractivity contribution is 0.00578. The first-order chi connectivity index (χ1) is 11.6. The summed E-state index contributed by atoms with van der Waals surface area (Å²) in [5, 5.41) is 0. The minimum Gasteiger partial charge on any atom is -0.399 e. The fourth-order valence-electron chi connectivity index (χ4n) is 4.04. The lowest BCUT2D eigenvalue weighted by Crippen LogP contribution is -2.41. The van der Waals surface area contributed by atoms with Gasteiger partial charge in [0.05, 0.1) is 11.2 Å². The first-order valence-electron chi connectivity index (χ1n) is 9.44. The summed E-state index contributed by atoms with van der Waals surface area (Å²) < 4.78 is 27.3. The number of piperidine rings is 1. The summed E-state index contributed by atoms with van der Waals surface area (Å²) in [6, 6.07) is 5.58. The molecule has 0 bridgehead atoms. The van der Waals surface area contributed by atoms with Gasteiger partial charge in [0.15, 0.2) is 0 Å². The Morgan fingerprint density at radius 1 is 1.08 bits per heavy atom. The van der Waals surface area contributed by atoms with Gasteiger partial charge in [0, 0.05) is 30.7 Å². The Bertz CT molecular complexity index is 608. The van der Waals surface area contributed by atoms with Crippen LogP contribution in [0.2, 0.25) is 0 Å². The molecule has 0 spiro atoms. The SMILES string of the molecule is CC1CC(C)CN(Cc2cccc(B3OC(C)(C)C(C)(C)O3)c2F)C1. The van der Waals surface area contributed by atoms with E-state index < -0.39 is 18.3 Å². The van der Waals surface area contributed by atoms with Gasteiger partial charge in [-0.1, -0.05) is 32.0 Å². The molecule has 2 aliphatic heterocycles. The average molecular weight is 347 g/mol. The monoisotopic (exact) mass is 347 g/mol. The van der Waals surface area contributed by atoms with Gasteiger partial charge < -0.3 is 9.31 Å². The van der Waals surface area contributed by atoms with E-state index in [0.717, 1.165) is 18.7 Å². The minimum atomic E-state index is -0.649. The third-order valence-electron chi connectivity index (χ3n) is 5.95. The molecule has 2 aliphatic rings. The van der Waals surface area contributed by atoms with Crippen molar-refractivity contribution in [3.8, 4) is 0 Å². The van der Waals surface area contributed by atoms with E-state index in [1.807, 2.05) is 39.8 Å². The zero-order chi connectivity index (χ0) is 18.4. The van der Waals surface area contributed by atoms with Gasteiger partial charge >= 0.3 is 7.12 Å². The van der Waals surface area contributed by atoms with Crippen LogP contribution in [0, 0.1) is 17.7 Å². The normalized spacial score (nSPS) is 29.2. The van der Waals surface area contributed by atoms with E-state index in [9.17, 15) is 0 Å². The van der Waals surface area contributed by atoms with Crippen molar-refractivity contribution in [3.63, 3.8) is 0 Å². The Kier molecular flexibility index (Phi) is 5.04. The second-order valence-corrected chi connectivity index (χ2v) is 9.05. The lowest BCUT2D eigenvalue weighted by Gasteiger charge is -2.35. The molecule has 2 atom stereocenters. The number of benzene rings is 1. The number of hydrogen-bond acceptors (Lipinski definition) is 3. The molecule has 3 rings (SSSR count). The summed E-state index contributed by atoms with van der Waals surface area (Å²) in [5.41, 5.74) is 0.318. The van der Waals surface area contributed by atoms with Gasteiger partial charge in [-0.2, -0.15) is 0 Å². The van der Waals surface area contributed by atoms with E-state index in [0.29, 0.717) is 23.8 Å². The summed E-state index contributed by atoms with van der Waals surface area (Å²) in [6.07, 6.45) is 1.26. The smallest absolute Gasteiger partial charge is 0.399 e. The molecule has 3 nitrogen and oxygen atoms in total. The number of nitrogens with zero attached hydrogens (tertiary/aromatic N) is 1. The molecular formula is C20H31BFNO2. The molecule has 1 aromatic carbocycles. The summed E-state index contributed by atoms with van der Waals surface area (Å²) in [4.78, 5) is 2.37. The third-order valence-corrected chi connectivity index (χ3v) is 5.95.